The number of carbonyl (C=O) groups excluding carboxylic acids is 2. The van der Waals surface area contributed by atoms with Gasteiger partial charge in [0.15, 0.2) is 0 Å². The average Bonchev–Trinajstić information content (AvgIpc) is 3.24. The Hall–Kier alpha value is -3.94. The number of rotatable bonds is 0. The smallest absolute Gasteiger partial charge is 0.258 e. The SMILES string of the molecule is Cc1cc2c([nH]1)/C=C1\C(=O)Nc3ccc(nc31)-c1c(F)cccc1OCCNC2=O. The minimum atomic E-state index is -0.485. The number of anilines is 1. The minimum Gasteiger partial charge on any atom is -0.491 e. The molecule has 2 amide bonds. The molecule has 7 nitrogen and oxygen atoms in total. The lowest BCUT2D eigenvalue weighted by molar-refractivity contribution is -0.110. The van der Waals surface area contributed by atoms with Crippen LogP contribution in [0.3, 0.4) is 0 Å². The van der Waals surface area contributed by atoms with Crippen molar-refractivity contribution in [1.29, 1.82) is 0 Å². The highest BCUT2D eigenvalue weighted by molar-refractivity contribution is 6.34. The quantitative estimate of drug-likeness (QED) is 0.536. The molecule has 0 saturated heterocycles. The number of H-pyrrole nitrogens is 1. The number of aromatic nitrogens is 2. The first-order chi connectivity index (χ1) is 14.5. The summed E-state index contributed by atoms with van der Waals surface area (Å²) >= 11 is 0. The maximum Gasteiger partial charge on any atom is 0.258 e. The number of ether oxygens (including phenoxy) is 1. The van der Waals surface area contributed by atoms with Crippen LogP contribution in [-0.2, 0) is 4.79 Å². The molecule has 0 aliphatic carbocycles. The molecule has 2 aromatic heterocycles. The van der Waals surface area contributed by atoms with E-state index < -0.39 is 5.82 Å². The molecule has 2 aliphatic heterocycles. The molecule has 150 valence electrons. The summed E-state index contributed by atoms with van der Waals surface area (Å²) in [7, 11) is 0. The lowest BCUT2D eigenvalue weighted by atomic mass is 10.1. The number of carbonyl (C=O) groups is 2. The summed E-state index contributed by atoms with van der Waals surface area (Å²) in [6.07, 6.45) is 1.60. The normalized spacial score (nSPS) is 16.9. The molecule has 4 heterocycles. The predicted octanol–water partition coefficient (Wildman–Crippen LogP) is 3.14. The Labute approximate surface area is 171 Å². The van der Waals surface area contributed by atoms with Crippen molar-refractivity contribution in [2.75, 3.05) is 18.5 Å². The van der Waals surface area contributed by atoms with Crippen LogP contribution in [0, 0.1) is 12.7 Å². The van der Waals surface area contributed by atoms with Crippen LogP contribution >= 0.6 is 0 Å². The van der Waals surface area contributed by atoms with Gasteiger partial charge in [0.25, 0.3) is 11.8 Å². The zero-order valence-corrected chi connectivity index (χ0v) is 16.0. The van der Waals surface area contributed by atoms with E-state index in [1.54, 1.807) is 36.4 Å². The van der Waals surface area contributed by atoms with Crippen LogP contribution in [0.1, 0.15) is 27.4 Å². The third kappa shape index (κ3) is 2.93. The van der Waals surface area contributed by atoms with Crippen LogP contribution in [-0.4, -0.2) is 34.9 Å². The molecule has 0 atom stereocenters. The second-order valence-corrected chi connectivity index (χ2v) is 7.10. The third-order valence-electron chi connectivity index (χ3n) is 5.04. The number of pyridine rings is 1. The van der Waals surface area contributed by atoms with Gasteiger partial charge in [-0.05, 0) is 43.3 Å². The number of hydrogen-bond acceptors (Lipinski definition) is 4. The number of nitrogens with zero attached hydrogens (tertiary/aromatic N) is 1. The lowest BCUT2D eigenvalue weighted by Gasteiger charge is -2.14. The summed E-state index contributed by atoms with van der Waals surface area (Å²) in [4.78, 5) is 33.0. The Bertz CT molecular complexity index is 1250. The number of hydrogen-bond donors (Lipinski definition) is 3. The summed E-state index contributed by atoms with van der Waals surface area (Å²) in [6, 6.07) is 9.58. The van der Waals surface area contributed by atoms with Gasteiger partial charge in [0, 0.05) is 5.69 Å². The van der Waals surface area contributed by atoms with Gasteiger partial charge in [-0.15, -0.1) is 0 Å². The van der Waals surface area contributed by atoms with Gasteiger partial charge >= 0.3 is 0 Å². The second-order valence-electron chi connectivity index (χ2n) is 7.10. The number of halogens is 1. The number of nitrogens with one attached hydrogen (secondary N) is 3. The molecule has 8 heteroatoms. The van der Waals surface area contributed by atoms with Crippen molar-refractivity contribution in [2.45, 2.75) is 6.92 Å². The van der Waals surface area contributed by atoms with Gasteiger partial charge in [0.05, 0.1) is 40.3 Å². The average molecular weight is 404 g/mol. The highest BCUT2D eigenvalue weighted by Crippen LogP contribution is 2.37. The monoisotopic (exact) mass is 404 g/mol. The van der Waals surface area contributed by atoms with Crippen molar-refractivity contribution >= 4 is 29.2 Å². The zero-order chi connectivity index (χ0) is 20.8. The first kappa shape index (κ1) is 18.1. The Morgan fingerprint density at radius 2 is 2.00 bits per heavy atom. The van der Waals surface area contributed by atoms with E-state index in [0.717, 1.165) is 5.69 Å². The van der Waals surface area contributed by atoms with Crippen molar-refractivity contribution in [3.8, 4) is 17.0 Å². The Balaban J connectivity index is 1.75. The van der Waals surface area contributed by atoms with Gasteiger partial charge in [0.1, 0.15) is 23.9 Å². The van der Waals surface area contributed by atoms with E-state index in [4.69, 9.17) is 4.74 Å². The highest BCUT2D eigenvalue weighted by Gasteiger charge is 2.28. The molecule has 2 aliphatic rings. The number of fused-ring (bicyclic) bond motifs is 4. The molecular formula is C22H17FN4O3. The van der Waals surface area contributed by atoms with Crippen molar-refractivity contribution in [2.24, 2.45) is 0 Å². The van der Waals surface area contributed by atoms with Crippen LogP contribution in [0.2, 0.25) is 0 Å². The molecule has 30 heavy (non-hydrogen) atoms. The van der Waals surface area contributed by atoms with Crippen LogP contribution in [0.25, 0.3) is 22.9 Å². The fraction of sp³-hybridized carbons (Fsp3) is 0.136. The topological polar surface area (TPSA) is 96.1 Å². The van der Waals surface area contributed by atoms with E-state index >= 15 is 0 Å². The molecular weight excluding hydrogens is 387 g/mol. The molecule has 0 fully saturated rings. The summed E-state index contributed by atoms with van der Waals surface area (Å²) in [5.74, 6) is -0.812. The van der Waals surface area contributed by atoms with E-state index in [1.807, 2.05) is 6.92 Å². The molecule has 3 N–H and O–H groups in total. The fourth-order valence-electron chi connectivity index (χ4n) is 3.69. The van der Waals surface area contributed by atoms with Crippen LogP contribution in [0.5, 0.6) is 5.75 Å². The molecule has 5 rings (SSSR count). The maximum absolute atomic E-state index is 14.7. The van der Waals surface area contributed by atoms with Crippen molar-refractivity contribution < 1.29 is 18.7 Å². The summed E-state index contributed by atoms with van der Waals surface area (Å²) < 4.78 is 20.4. The first-order valence-corrected chi connectivity index (χ1v) is 9.45. The van der Waals surface area contributed by atoms with Gasteiger partial charge in [-0.3, -0.25) is 9.59 Å². The summed E-state index contributed by atoms with van der Waals surface area (Å²) in [6.45, 7) is 2.22. The van der Waals surface area contributed by atoms with Crippen molar-refractivity contribution in [3.05, 3.63) is 64.9 Å². The Kier molecular flexibility index (Phi) is 4.13. The largest absolute Gasteiger partial charge is 0.491 e. The maximum atomic E-state index is 14.7. The number of aryl methyl sites for hydroxylation is 1. The summed E-state index contributed by atoms with van der Waals surface area (Å²) in [5.41, 5.74) is 3.46. The van der Waals surface area contributed by atoms with E-state index in [1.165, 1.54) is 6.07 Å². The fourth-order valence-corrected chi connectivity index (χ4v) is 3.69. The third-order valence-corrected chi connectivity index (χ3v) is 5.04. The molecule has 3 aromatic rings. The van der Waals surface area contributed by atoms with E-state index in [2.05, 4.69) is 20.6 Å². The van der Waals surface area contributed by atoms with Crippen molar-refractivity contribution in [3.63, 3.8) is 0 Å². The molecule has 1 aromatic carbocycles. The molecule has 0 spiro atoms. The minimum absolute atomic E-state index is 0.160. The van der Waals surface area contributed by atoms with Gasteiger partial charge in [-0.2, -0.15) is 0 Å². The molecule has 0 radical (unpaired) electrons. The Morgan fingerprint density at radius 1 is 1.13 bits per heavy atom. The van der Waals surface area contributed by atoms with Crippen LogP contribution < -0.4 is 15.4 Å². The van der Waals surface area contributed by atoms with Gasteiger partial charge in [-0.1, -0.05) is 6.07 Å². The van der Waals surface area contributed by atoms with Gasteiger partial charge in [0.2, 0.25) is 0 Å². The summed E-state index contributed by atoms with van der Waals surface area (Å²) in [5, 5.41) is 5.55. The zero-order valence-electron chi connectivity index (χ0n) is 16.0. The second kappa shape index (κ2) is 6.84. The van der Waals surface area contributed by atoms with Crippen molar-refractivity contribution in [1.82, 2.24) is 15.3 Å². The number of aromatic amines is 1. The lowest BCUT2D eigenvalue weighted by Crippen LogP contribution is -2.28. The van der Waals surface area contributed by atoms with Gasteiger partial charge in [-0.25, -0.2) is 9.37 Å². The molecule has 0 unspecified atom stereocenters. The highest BCUT2D eigenvalue weighted by atomic mass is 19.1. The van der Waals surface area contributed by atoms with E-state index in [-0.39, 0.29) is 30.5 Å². The van der Waals surface area contributed by atoms with E-state index in [9.17, 15) is 14.0 Å². The van der Waals surface area contributed by atoms with Gasteiger partial charge < -0.3 is 20.4 Å². The predicted molar refractivity (Wildman–Crippen MR) is 109 cm³/mol. The first-order valence-electron chi connectivity index (χ1n) is 9.45. The van der Waals surface area contributed by atoms with Crippen LogP contribution in [0.15, 0.2) is 36.4 Å². The number of benzene rings is 1. The number of amides is 2. The van der Waals surface area contributed by atoms with E-state index in [0.29, 0.717) is 39.7 Å². The Morgan fingerprint density at radius 3 is 2.87 bits per heavy atom. The standard InChI is InChI=1S/C22H17FN4O3/c1-11-9-12-17(25-11)10-13-20-16(27-22(13)29)6-5-15(26-20)19-14(23)3-2-4-18(19)30-8-7-24-21(12)28/h2-6,9-10,25H,7-8H2,1H3,(H,24,28)(H,27,29)/b13-10-. The van der Waals surface area contributed by atoms with Crippen LogP contribution in [0.4, 0.5) is 10.1 Å². The molecule has 2 bridgehead atoms. The molecule has 0 saturated carbocycles.